The standard InChI is InChI=1S/C14H23N3O/c1-14(2,17-9-4-3-5-10-17)12(18)11-7-6-8-16-13(11)15/h6-8,12,18H,3-5,9-10H2,1-2H3,(H2,15,16). The van der Waals surface area contributed by atoms with E-state index in [-0.39, 0.29) is 5.54 Å². The van der Waals surface area contributed by atoms with Crippen LogP contribution >= 0.6 is 0 Å². The topological polar surface area (TPSA) is 62.4 Å². The summed E-state index contributed by atoms with van der Waals surface area (Å²) < 4.78 is 0. The second-order valence-corrected chi connectivity index (χ2v) is 5.58. The molecular weight excluding hydrogens is 226 g/mol. The zero-order chi connectivity index (χ0) is 13.2. The van der Waals surface area contributed by atoms with Crippen LogP contribution in [-0.4, -0.2) is 33.6 Å². The smallest absolute Gasteiger partial charge is 0.129 e. The molecule has 1 aromatic rings. The lowest BCUT2D eigenvalue weighted by Gasteiger charge is -2.44. The van der Waals surface area contributed by atoms with Crippen molar-refractivity contribution in [3.05, 3.63) is 23.9 Å². The molecule has 18 heavy (non-hydrogen) atoms. The van der Waals surface area contributed by atoms with Gasteiger partial charge in [0.25, 0.3) is 0 Å². The Hall–Kier alpha value is -1.13. The lowest BCUT2D eigenvalue weighted by molar-refractivity contribution is -0.0206. The fourth-order valence-corrected chi connectivity index (χ4v) is 2.68. The molecule has 2 rings (SSSR count). The predicted molar refractivity (Wildman–Crippen MR) is 73.1 cm³/mol. The zero-order valence-electron chi connectivity index (χ0n) is 11.3. The number of aliphatic hydroxyl groups excluding tert-OH is 1. The summed E-state index contributed by atoms with van der Waals surface area (Å²) >= 11 is 0. The van der Waals surface area contributed by atoms with Crippen molar-refractivity contribution in [2.75, 3.05) is 18.8 Å². The minimum absolute atomic E-state index is 0.308. The van der Waals surface area contributed by atoms with Crippen molar-refractivity contribution in [1.82, 2.24) is 9.88 Å². The van der Waals surface area contributed by atoms with Gasteiger partial charge in [0.15, 0.2) is 0 Å². The van der Waals surface area contributed by atoms with E-state index in [1.807, 2.05) is 12.1 Å². The van der Waals surface area contributed by atoms with E-state index < -0.39 is 6.10 Å². The van der Waals surface area contributed by atoms with E-state index in [9.17, 15) is 5.11 Å². The van der Waals surface area contributed by atoms with Gasteiger partial charge in [-0.2, -0.15) is 0 Å². The van der Waals surface area contributed by atoms with E-state index in [0.717, 1.165) is 18.7 Å². The quantitative estimate of drug-likeness (QED) is 0.859. The number of nitrogens with two attached hydrogens (primary N) is 1. The van der Waals surface area contributed by atoms with Gasteiger partial charge < -0.3 is 10.8 Å². The van der Waals surface area contributed by atoms with Crippen LogP contribution in [0.2, 0.25) is 0 Å². The number of anilines is 1. The summed E-state index contributed by atoms with van der Waals surface area (Å²) in [5.41, 5.74) is 6.28. The van der Waals surface area contributed by atoms with Gasteiger partial charge in [0.1, 0.15) is 11.9 Å². The molecule has 0 aromatic carbocycles. The molecule has 0 saturated carbocycles. The van der Waals surface area contributed by atoms with Gasteiger partial charge in [0.2, 0.25) is 0 Å². The fraction of sp³-hybridized carbons (Fsp3) is 0.643. The van der Waals surface area contributed by atoms with Crippen molar-refractivity contribution >= 4 is 5.82 Å². The first-order valence-electron chi connectivity index (χ1n) is 6.67. The third-order valence-electron chi connectivity index (χ3n) is 4.01. The van der Waals surface area contributed by atoms with Crippen LogP contribution in [0.15, 0.2) is 18.3 Å². The zero-order valence-corrected chi connectivity index (χ0v) is 11.3. The summed E-state index contributed by atoms with van der Waals surface area (Å²) in [5.74, 6) is 0.426. The summed E-state index contributed by atoms with van der Waals surface area (Å²) in [6, 6.07) is 3.68. The van der Waals surface area contributed by atoms with E-state index in [2.05, 4.69) is 23.7 Å². The molecule has 0 bridgehead atoms. The molecule has 4 nitrogen and oxygen atoms in total. The van der Waals surface area contributed by atoms with E-state index in [4.69, 9.17) is 5.73 Å². The van der Waals surface area contributed by atoms with Crippen molar-refractivity contribution < 1.29 is 5.11 Å². The fourth-order valence-electron chi connectivity index (χ4n) is 2.68. The van der Waals surface area contributed by atoms with Gasteiger partial charge in [-0.05, 0) is 45.8 Å². The molecular formula is C14H23N3O. The molecule has 3 N–H and O–H groups in total. The van der Waals surface area contributed by atoms with Crippen molar-refractivity contribution in [2.45, 2.75) is 44.8 Å². The Morgan fingerprint density at radius 3 is 2.61 bits per heavy atom. The van der Waals surface area contributed by atoms with Crippen LogP contribution in [0.1, 0.15) is 44.8 Å². The SMILES string of the molecule is CC(C)(C(O)c1cccnc1N)N1CCCCC1. The normalized spacial score (nSPS) is 19.7. The van der Waals surface area contributed by atoms with Crippen molar-refractivity contribution in [3.63, 3.8) is 0 Å². The summed E-state index contributed by atoms with van der Waals surface area (Å²) in [7, 11) is 0. The highest BCUT2D eigenvalue weighted by molar-refractivity contribution is 5.41. The highest BCUT2D eigenvalue weighted by Crippen LogP contribution is 2.34. The molecule has 0 aliphatic carbocycles. The molecule has 100 valence electrons. The second kappa shape index (κ2) is 5.24. The molecule has 4 heteroatoms. The number of rotatable bonds is 3. The molecule has 0 spiro atoms. The largest absolute Gasteiger partial charge is 0.386 e. The van der Waals surface area contributed by atoms with Gasteiger partial charge in [0.05, 0.1) is 0 Å². The Kier molecular flexibility index (Phi) is 3.88. The lowest BCUT2D eigenvalue weighted by Crippen LogP contribution is -2.50. The first-order valence-corrected chi connectivity index (χ1v) is 6.67. The number of nitrogen functional groups attached to an aromatic ring is 1. The Labute approximate surface area is 109 Å². The van der Waals surface area contributed by atoms with Gasteiger partial charge in [-0.15, -0.1) is 0 Å². The number of piperidine rings is 1. The van der Waals surface area contributed by atoms with Gasteiger partial charge in [0, 0.05) is 17.3 Å². The Bertz CT molecular complexity index is 400. The average molecular weight is 249 g/mol. The van der Waals surface area contributed by atoms with Crippen LogP contribution in [0.4, 0.5) is 5.82 Å². The summed E-state index contributed by atoms with van der Waals surface area (Å²) in [5, 5.41) is 10.6. The summed E-state index contributed by atoms with van der Waals surface area (Å²) in [6.07, 6.45) is 4.75. The molecule has 0 amide bonds. The van der Waals surface area contributed by atoms with E-state index in [0.29, 0.717) is 5.82 Å². The van der Waals surface area contributed by atoms with Crippen LogP contribution in [0.3, 0.4) is 0 Å². The predicted octanol–water partition coefficient (Wildman–Crippen LogP) is 1.96. The van der Waals surface area contributed by atoms with Crippen LogP contribution < -0.4 is 5.73 Å². The molecule has 1 fully saturated rings. The van der Waals surface area contributed by atoms with Crippen LogP contribution in [0.5, 0.6) is 0 Å². The summed E-state index contributed by atoms with van der Waals surface area (Å²) in [6.45, 7) is 6.25. The van der Waals surface area contributed by atoms with Gasteiger partial charge in [-0.1, -0.05) is 12.5 Å². The number of likely N-dealkylation sites (tertiary alicyclic amines) is 1. The van der Waals surface area contributed by atoms with E-state index in [1.54, 1.807) is 6.20 Å². The molecule has 0 radical (unpaired) electrons. The maximum absolute atomic E-state index is 10.6. The lowest BCUT2D eigenvalue weighted by atomic mass is 9.88. The second-order valence-electron chi connectivity index (χ2n) is 5.58. The number of pyridine rings is 1. The van der Waals surface area contributed by atoms with Gasteiger partial charge in [-0.25, -0.2) is 4.98 Å². The Balaban J connectivity index is 2.20. The van der Waals surface area contributed by atoms with Crippen molar-refractivity contribution in [3.8, 4) is 0 Å². The minimum atomic E-state index is -0.607. The maximum atomic E-state index is 10.6. The van der Waals surface area contributed by atoms with Crippen molar-refractivity contribution in [1.29, 1.82) is 0 Å². The van der Waals surface area contributed by atoms with Gasteiger partial charge >= 0.3 is 0 Å². The average Bonchev–Trinajstić information content (AvgIpc) is 2.39. The number of hydrogen-bond donors (Lipinski definition) is 2. The van der Waals surface area contributed by atoms with E-state index >= 15 is 0 Å². The first-order chi connectivity index (χ1) is 8.53. The van der Waals surface area contributed by atoms with Crippen LogP contribution in [0, 0.1) is 0 Å². The third-order valence-corrected chi connectivity index (χ3v) is 4.01. The molecule has 1 saturated heterocycles. The monoisotopic (exact) mass is 249 g/mol. The minimum Gasteiger partial charge on any atom is -0.386 e. The van der Waals surface area contributed by atoms with E-state index in [1.165, 1.54) is 19.3 Å². The Morgan fingerprint density at radius 1 is 1.33 bits per heavy atom. The Morgan fingerprint density at radius 2 is 2.00 bits per heavy atom. The number of aliphatic hydroxyl groups is 1. The molecule has 1 atom stereocenters. The first kappa shape index (κ1) is 13.3. The number of hydrogen-bond acceptors (Lipinski definition) is 4. The molecule has 1 aromatic heterocycles. The number of aromatic nitrogens is 1. The van der Waals surface area contributed by atoms with Crippen molar-refractivity contribution in [2.24, 2.45) is 0 Å². The molecule has 1 aliphatic rings. The van der Waals surface area contributed by atoms with Crippen LogP contribution in [0.25, 0.3) is 0 Å². The molecule has 1 aliphatic heterocycles. The highest BCUT2D eigenvalue weighted by atomic mass is 16.3. The number of nitrogens with zero attached hydrogens (tertiary/aromatic N) is 2. The third kappa shape index (κ3) is 2.49. The molecule has 1 unspecified atom stereocenters. The summed E-state index contributed by atoms with van der Waals surface area (Å²) in [4.78, 5) is 6.41. The highest BCUT2D eigenvalue weighted by Gasteiger charge is 2.36. The van der Waals surface area contributed by atoms with Gasteiger partial charge in [-0.3, -0.25) is 4.90 Å². The molecule has 2 heterocycles. The maximum Gasteiger partial charge on any atom is 0.129 e. The van der Waals surface area contributed by atoms with Crippen LogP contribution in [-0.2, 0) is 0 Å².